The maximum absolute atomic E-state index is 11.3. The van der Waals surface area contributed by atoms with E-state index < -0.39 is 0 Å². The predicted molar refractivity (Wildman–Crippen MR) is 73.4 cm³/mol. The SMILES string of the molecule is O=NC(c1cc(Br)cc2cncn12)C1CCCC1. The highest BCUT2D eigenvalue weighted by molar-refractivity contribution is 9.10. The van der Waals surface area contributed by atoms with Gasteiger partial charge in [-0.2, -0.15) is 4.91 Å². The maximum Gasteiger partial charge on any atom is 0.135 e. The van der Waals surface area contributed by atoms with Crippen LogP contribution in [0, 0.1) is 10.8 Å². The van der Waals surface area contributed by atoms with Gasteiger partial charge in [0.15, 0.2) is 0 Å². The Morgan fingerprint density at radius 1 is 1.39 bits per heavy atom. The Labute approximate surface area is 114 Å². The molecule has 18 heavy (non-hydrogen) atoms. The van der Waals surface area contributed by atoms with Gasteiger partial charge in [0, 0.05) is 4.47 Å². The Balaban J connectivity index is 2.10. The summed E-state index contributed by atoms with van der Waals surface area (Å²) in [7, 11) is 0. The summed E-state index contributed by atoms with van der Waals surface area (Å²) in [5.41, 5.74) is 1.93. The van der Waals surface area contributed by atoms with Crippen molar-refractivity contribution >= 4 is 21.4 Å². The monoisotopic (exact) mass is 307 g/mol. The van der Waals surface area contributed by atoms with E-state index in [4.69, 9.17) is 0 Å². The van der Waals surface area contributed by atoms with E-state index in [1.165, 1.54) is 12.8 Å². The van der Waals surface area contributed by atoms with Crippen LogP contribution in [0.5, 0.6) is 0 Å². The average molecular weight is 308 g/mol. The number of imidazole rings is 1. The largest absolute Gasteiger partial charge is 0.301 e. The fourth-order valence-corrected chi connectivity index (χ4v) is 3.37. The van der Waals surface area contributed by atoms with Crippen molar-refractivity contribution in [2.45, 2.75) is 31.7 Å². The first-order valence-electron chi connectivity index (χ1n) is 6.23. The molecule has 0 radical (unpaired) electrons. The zero-order chi connectivity index (χ0) is 12.5. The molecule has 0 bridgehead atoms. The molecule has 4 nitrogen and oxygen atoms in total. The number of rotatable bonds is 3. The third kappa shape index (κ3) is 1.96. The summed E-state index contributed by atoms with van der Waals surface area (Å²) >= 11 is 3.49. The van der Waals surface area contributed by atoms with Crippen LogP contribution in [0.2, 0.25) is 0 Å². The van der Waals surface area contributed by atoms with Crippen LogP contribution in [0.3, 0.4) is 0 Å². The molecule has 1 saturated carbocycles. The van der Waals surface area contributed by atoms with Crippen LogP contribution >= 0.6 is 15.9 Å². The summed E-state index contributed by atoms with van der Waals surface area (Å²) in [5.74, 6) is 0.377. The van der Waals surface area contributed by atoms with Gasteiger partial charge >= 0.3 is 0 Å². The van der Waals surface area contributed by atoms with Gasteiger partial charge in [-0.15, -0.1) is 0 Å². The molecule has 5 heteroatoms. The Morgan fingerprint density at radius 2 is 2.17 bits per heavy atom. The van der Waals surface area contributed by atoms with Gasteiger partial charge in [0.2, 0.25) is 0 Å². The first-order chi connectivity index (χ1) is 8.79. The topological polar surface area (TPSA) is 46.7 Å². The molecule has 0 spiro atoms. The highest BCUT2D eigenvalue weighted by Crippen LogP contribution is 2.38. The van der Waals surface area contributed by atoms with E-state index in [0.29, 0.717) is 5.92 Å². The van der Waals surface area contributed by atoms with Crippen LogP contribution in [0.25, 0.3) is 5.52 Å². The van der Waals surface area contributed by atoms with Gasteiger partial charge in [-0.05, 0) is 30.9 Å². The van der Waals surface area contributed by atoms with E-state index >= 15 is 0 Å². The second-order valence-electron chi connectivity index (χ2n) is 4.88. The van der Waals surface area contributed by atoms with E-state index in [-0.39, 0.29) is 6.04 Å². The van der Waals surface area contributed by atoms with Crippen molar-refractivity contribution in [3.05, 3.63) is 39.7 Å². The van der Waals surface area contributed by atoms with Crippen LogP contribution in [0.4, 0.5) is 0 Å². The molecule has 0 saturated heterocycles. The standard InChI is InChI=1S/C13H14BrN3O/c14-10-5-11-7-15-8-17(11)12(6-10)13(16-18)9-3-1-2-4-9/h5-9,13H,1-4H2. The van der Waals surface area contributed by atoms with Gasteiger partial charge in [-0.25, -0.2) is 4.98 Å². The molecule has 1 atom stereocenters. The number of nitrogens with zero attached hydrogens (tertiary/aromatic N) is 3. The minimum atomic E-state index is -0.262. The van der Waals surface area contributed by atoms with Crippen molar-refractivity contribution in [2.75, 3.05) is 0 Å². The van der Waals surface area contributed by atoms with Crippen molar-refractivity contribution in [3.63, 3.8) is 0 Å². The lowest BCUT2D eigenvalue weighted by Crippen LogP contribution is -2.11. The number of halogens is 1. The van der Waals surface area contributed by atoms with Crippen LogP contribution in [-0.4, -0.2) is 9.38 Å². The van der Waals surface area contributed by atoms with Crippen LogP contribution in [-0.2, 0) is 0 Å². The highest BCUT2D eigenvalue weighted by Gasteiger charge is 2.29. The van der Waals surface area contributed by atoms with Crippen molar-refractivity contribution in [1.29, 1.82) is 0 Å². The third-order valence-corrected chi connectivity index (χ3v) is 4.24. The molecular weight excluding hydrogens is 294 g/mol. The minimum Gasteiger partial charge on any atom is -0.301 e. The van der Waals surface area contributed by atoms with E-state index in [1.54, 1.807) is 12.5 Å². The zero-order valence-electron chi connectivity index (χ0n) is 9.92. The molecule has 0 N–H and O–H groups in total. The van der Waals surface area contributed by atoms with Crippen molar-refractivity contribution in [2.24, 2.45) is 11.1 Å². The summed E-state index contributed by atoms with van der Waals surface area (Å²) in [6.45, 7) is 0. The van der Waals surface area contributed by atoms with Gasteiger partial charge in [-0.3, -0.25) is 0 Å². The fraction of sp³-hybridized carbons (Fsp3) is 0.462. The van der Waals surface area contributed by atoms with Crippen molar-refractivity contribution in [1.82, 2.24) is 9.38 Å². The minimum absolute atomic E-state index is 0.262. The molecule has 2 heterocycles. The lowest BCUT2D eigenvalue weighted by atomic mass is 9.95. The first-order valence-corrected chi connectivity index (χ1v) is 7.03. The van der Waals surface area contributed by atoms with Gasteiger partial charge in [0.1, 0.15) is 6.04 Å². The molecule has 0 aromatic carbocycles. The van der Waals surface area contributed by atoms with E-state index in [2.05, 4.69) is 26.1 Å². The summed E-state index contributed by atoms with van der Waals surface area (Å²) < 4.78 is 2.94. The summed E-state index contributed by atoms with van der Waals surface area (Å²) in [6, 6.07) is 3.72. The van der Waals surface area contributed by atoms with Gasteiger partial charge < -0.3 is 4.40 Å². The van der Waals surface area contributed by atoms with Gasteiger partial charge in [0.05, 0.1) is 23.7 Å². The predicted octanol–water partition coefficient (Wildman–Crippen LogP) is 4.09. The maximum atomic E-state index is 11.3. The average Bonchev–Trinajstić information content (AvgIpc) is 2.99. The van der Waals surface area contributed by atoms with E-state index in [1.807, 2.05) is 16.5 Å². The number of nitroso groups, excluding NO2 is 1. The van der Waals surface area contributed by atoms with Crippen LogP contribution in [0.15, 0.2) is 34.3 Å². The second-order valence-corrected chi connectivity index (χ2v) is 5.80. The highest BCUT2D eigenvalue weighted by atomic mass is 79.9. The Bertz CT molecular complexity index is 575. The van der Waals surface area contributed by atoms with Gasteiger partial charge in [0.25, 0.3) is 0 Å². The molecule has 0 aliphatic heterocycles. The number of hydrogen-bond acceptors (Lipinski definition) is 3. The lowest BCUT2D eigenvalue weighted by Gasteiger charge is -2.18. The van der Waals surface area contributed by atoms with Gasteiger partial charge in [-0.1, -0.05) is 33.9 Å². The van der Waals surface area contributed by atoms with E-state index in [0.717, 1.165) is 28.5 Å². The molecule has 1 aliphatic carbocycles. The molecule has 1 unspecified atom stereocenters. The summed E-state index contributed by atoms with van der Waals surface area (Å²) in [4.78, 5) is 15.4. The first kappa shape index (κ1) is 11.8. The molecular formula is C13H14BrN3O. The molecule has 2 aromatic heterocycles. The molecule has 94 valence electrons. The van der Waals surface area contributed by atoms with Crippen molar-refractivity contribution in [3.8, 4) is 0 Å². The fourth-order valence-electron chi connectivity index (χ4n) is 2.90. The molecule has 1 aliphatic rings. The normalized spacial score (nSPS) is 18.3. The van der Waals surface area contributed by atoms with Crippen LogP contribution < -0.4 is 0 Å². The number of hydrogen-bond donors (Lipinski definition) is 0. The number of pyridine rings is 1. The van der Waals surface area contributed by atoms with Crippen LogP contribution in [0.1, 0.15) is 37.4 Å². The van der Waals surface area contributed by atoms with E-state index in [9.17, 15) is 4.91 Å². The Kier molecular flexibility index (Phi) is 3.16. The quantitative estimate of drug-likeness (QED) is 0.802. The summed E-state index contributed by atoms with van der Waals surface area (Å²) in [6.07, 6.45) is 8.16. The van der Waals surface area contributed by atoms with Crippen molar-refractivity contribution < 1.29 is 0 Å². The number of fused-ring (bicyclic) bond motifs is 1. The molecule has 0 amide bonds. The molecule has 3 rings (SSSR count). The summed E-state index contributed by atoms with van der Waals surface area (Å²) in [5, 5.41) is 3.39. The third-order valence-electron chi connectivity index (χ3n) is 3.78. The molecule has 1 fully saturated rings. The Morgan fingerprint density at radius 3 is 2.89 bits per heavy atom. The smallest absolute Gasteiger partial charge is 0.135 e. The lowest BCUT2D eigenvalue weighted by molar-refractivity contribution is 0.433. The second kappa shape index (κ2) is 4.80. The molecule has 2 aromatic rings. The Hall–Kier alpha value is -1.23. The number of aromatic nitrogens is 2. The zero-order valence-corrected chi connectivity index (χ0v) is 11.5.